The van der Waals surface area contributed by atoms with Gasteiger partial charge in [0, 0.05) is 11.9 Å². The van der Waals surface area contributed by atoms with Crippen LogP contribution in [-0.4, -0.2) is 17.4 Å². The predicted molar refractivity (Wildman–Crippen MR) is 109 cm³/mol. The van der Waals surface area contributed by atoms with E-state index in [2.05, 4.69) is 0 Å². The summed E-state index contributed by atoms with van der Waals surface area (Å²) in [7, 11) is 0. The minimum absolute atomic E-state index is 0.0262. The van der Waals surface area contributed by atoms with Crippen molar-refractivity contribution in [3.63, 3.8) is 0 Å². The summed E-state index contributed by atoms with van der Waals surface area (Å²) in [6.07, 6.45) is 1.62. The molecule has 140 valence electrons. The van der Waals surface area contributed by atoms with Gasteiger partial charge in [-0.2, -0.15) is 0 Å². The molecule has 0 saturated carbocycles. The van der Waals surface area contributed by atoms with E-state index in [0.29, 0.717) is 18.8 Å². The normalized spacial score (nSPS) is 10.7. The fourth-order valence-corrected chi connectivity index (χ4v) is 3.18. The summed E-state index contributed by atoms with van der Waals surface area (Å²) in [5, 5.41) is 2.09. The van der Waals surface area contributed by atoms with E-state index in [0.717, 1.165) is 22.1 Å². The fraction of sp³-hybridized carbons (Fsp3) is 0.125. The van der Waals surface area contributed by atoms with Gasteiger partial charge in [-0.25, -0.2) is 0 Å². The second-order valence-corrected chi connectivity index (χ2v) is 6.58. The maximum Gasteiger partial charge on any atom is 0.261 e. The van der Waals surface area contributed by atoms with Crippen molar-refractivity contribution in [2.24, 2.45) is 0 Å². The quantitative estimate of drug-likeness (QED) is 0.457. The third-order valence-electron chi connectivity index (χ3n) is 4.60. The molecule has 0 unspecified atom stereocenters. The first-order valence-electron chi connectivity index (χ1n) is 9.24. The van der Waals surface area contributed by atoms with E-state index >= 15 is 0 Å². The Bertz CT molecular complexity index is 1040. The molecule has 0 aliphatic heterocycles. The molecular weight excluding hydrogens is 350 g/mol. The van der Waals surface area contributed by atoms with Crippen LogP contribution in [0.15, 0.2) is 95.6 Å². The van der Waals surface area contributed by atoms with Crippen LogP contribution >= 0.6 is 0 Å². The van der Waals surface area contributed by atoms with Crippen molar-refractivity contribution < 1.29 is 13.9 Å². The van der Waals surface area contributed by atoms with Gasteiger partial charge in [-0.15, -0.1) is 0 Å². The standard InChI is InChI=1S/C24H21NO3/c26-24(18-28-23-14-6-11-20-10-4-5-13-22(20)23)25(17-21-12-7-15-27-21)16-19-8-2-1-3-9-19/h1-15H,16-18H2. The van der Waals surface area contributed by atoms with Gasteiger partial charge in [0.1, 0.15) is 11.5 Å². The predicted octanol–water partition coefficient (Wildman–Crippen LogP) is 5.04. The maximum atomic E-state index is 12.9. The number of furan rings is 1. The fourth-order valence-electron chi connectivity index (χ4n) is 3.18. The Hall–Kier alpha value is -3.53. The van der Waals surface area contributed by atoms with Gasteiger partial charge in [0.2, 0.25) is 0 Å². The van der Waals surface area contributed by atoms with Crippen molar-refractivity contribution in [3.05, 3.63) is 103 Å². The largest absolute Gasteiger partial charge is 0.483 e. The van der Waals surface area contributed by atoms with Gasteiger partial charge in [0.15, 0.2) is 6.61 Å². The molecule has 0 spiro atoms. The third-order valence-corrected chi connectivity index (χ3v) is 4.60. The van der Waals surface area contributed by atoms with E-state index in [4.69, 9.17) is 9.15 Å². The lowest BCUT2D eigenvalue weighted by molar-refractivity contribution is -0.134. The molecule has 1 amide bonds. The number of fused-ring (bicyclic) bond motifs is 1. The van der Waals surface area contributed by atoms with E-state index in [9.17, 15) is 4.79 Å². The smallest absolute Gasteiger partial charge is 0.261 e. The molecule has 0 radical (unpaired) electrons. The van der Waals surface area contributed by atoms with Gasteiger partial charge in [-0.3, -0.25) is 4.79 Å². The first kappa shape index (κ1) is 17.9. The number of benzene rings is 3. The molecule has 0 N–H and O–H groups in total. The second-order valence-electron chi connectivity index (χ2n) is 6.58. The number of rotatable bonds is 7. The molecule has 0 atom stereocenters. The number of carbonyl (C=O) groups is 1. The summed E-state index contributed by atoms with van der Waals surface area (Å²) < 4.78 is 11.3. The molecule has 28 heavy (non-hydrogen) atoms. The van der Waals surface area contributed by atoms with Crippen LogP contribution in [0.3, 0.4) is 0 Å². The molecule has 1 aromatic heterocycles. The topological polar surface area (TPSA) is 42.7 Å². The maximum absolute atomic E-state index is 12.9. The van der Waals surface area contributed by atoms with Crippen LogP contribution in [0.2, 0.25) is 0 Å². The zero-order chi connectivity index (χ0) is 19.2. The highest BCUT2D eigenvalue weighted by atomic mass is 16.5. The summed E-state index contributed by atoms with van der Waals surface area (Å²) in [6.45, 7) is 0.875. The molecule has 0 aliphatic carbocycles. The lowest BCUT2D eigenvalue weighted by Gasteiger charge is -2.22. The zero-order valence-corrected chi connectivity index (χ0v) is 15.5. The Morgan fingerprint density at radius 3 is 2.43 bits per heavy atom. The Morgan fingerprint density at radius 2 is 1.61 bits per heavy atom. The summed E-state index contributed by atoms with van der Waals surface area (Å²) >= 11 is 0. The van der Waals surface area contributed by atoms with Crippen molar-refractivity contribution in [2.75, 3.05) is 6.61 Å². The van der Waals surface area contributed by atoms with Crippen LogP contribution in [0.1, 0.15) is 11.3 Å². The van der Waals surface area contributed by atoms with Crippen LogP contribution in [-0.2, 0) is 17.9 Å². The lowest BCUT2D eigenvalue weighted by atomic mass is 10.1. The summed E-state index contributed by atoms with van der Waals surface area (Å²) in [5.41, 5.74) is 1.06. The van der Waals surface area contributed by atoms with Crippen molar-refractivity contribution in [1.29, 1.82) is 0 Å². The average molecular weight is 371 g/mol. The number of carbonyl (C=O) groups excluding carboxylic acids is 1. The van der Waals surface area contributed by atoms with E-state index in [1.165, 1.54) is 0 Å². The van der Waals surface area contributed by atoms with Gasteiger partial charge in [-0.1, -0.05) is 66.7 Å². The summed E-state index contributed by atoms with van der Waals surface area (Å²) in [4.78, 5) is 14.7. The van der Waals surface area contributed by atoms with Crippen molar-refractivity contribution >= 4 is 16.7 Å². The van der Waals surface area contributed by atoms with Crippen molar-refractivity contribution in [3.8, 4) is 5.75 Å². The molecule has 1 heterocycles. The van der Waals surface area contributed by atoms with Crippen LogP contribution < -0.4 is 4.74 Å². The van der Waals surface area contributed by atoms with Crippen molar-refractivity contribution in [1.82, 2.24) is 4.90 Å². The van der Waals surface area contributed by atoms with E-state index < -0.39 is 0 Å². The lowest BCUT2D eigenvalue weighted by Crippen LogP contribution is -2.34. The molecule has 0 fully saturated rings. The van der Waals surface area contributed by atoms with Gasteiger partial charge < -0.3 is 14.1 Å². The van der Waals surface area contributed by atoms with Crippen LogP contribution in [0.25, 0.3) is 10.8 Å². The molecule has 4 heteroatoms. The first-order valence-corrected chi connectivity index (χ1v) is 9.24. The second kappa shape index (κ2) is 8.44. The third kappa shape index (κ3) is 4.23. The van der Waals surface area contributed by atoms with Gasteiger partial charge in [-0.05, 0) is 29.1 Å². The monoisotopic (exact) mass is 371 g/mol. The van der Waals surface area contributed by atoms with Gasteiger partial charge in [0.25, 0.3) is 5.91 Å². The number of hydrogen-bond acceptors (Lipinski definition) is 3. The molecule has 4 aromatic rings. The minimum atomic E-state index is -0.0896. The summed E-state index contributed by atoms with van der Waals surface area (Å²) in [5.74, 6) is 1.37. The Kier molecular flexibility index (Phi) is 5.38. The van der Waals surface area contributed by atoms with E-state index in [1.807, 2.05) is 84.9 Å². The molecular formula is C24H21NO3. The number of amides is 1. The molecule has 0 bridgehead atoms. The molecule has 0 saturated heterocycles. The molecule has 4 nitrogen and oxygen atoms in total. The SMILES string of the molecule is O=C(COc1cccc2ccccc12)N(Cc1ccccc1)Cc1ccco1. The Labute approximate surface area is 164 Å². The van der Waals surface area contributed by atoms with Gasteiger partial charge >= 0.3 is 0 Å². The van der Waals surface area contributed by atoms with Crippen molar-refractivity contribution in [2.45, 2.75) is 13.1 Å². The van der Waals surface area contributed by atoms with Crippen LogP contribution in [0, 0.1) is 0 Å². The highest BCUT2D eigenvalue weighted by Gasteiger charge is 2.17. The average Bonchev–Trinajstić information content (AvgIpc) is 3.25. The number of ether oxygens (including phenoxy) is 1. The van der Waals surface area contributed by atoms with Crippen LogP contribution in [0.4, 0.5) is 0 Å². The number of nitrogens with zero attached hydrogens (tertiary/aromatic N) is 1. The van der Waals surface area contributed by atoms with Gasteiger partial charge in [0.05, 0.1) is 12.8 Å². The Balaban J connectivity index is 1.49. The molecule has 3 aromatic carbocycles. The van der Waals surface area contributed by atoms with Crippen LogP contribution in [0.5, 0.6) is 5.75 Å². The highest BCUT2D eigenvalue weighted by Crippen LogP contribution is 2.25. The van der Waals surface area contributed by atoms with E-state index in [-0.39, 0.29) is 12.5 Å². The molecule has 4 rings (SSSR count). The highest BCUT2D eigenvalue weighted by molar-refractivity contribution is 5.88. The summed E-state index contributed by atoms with van der Waals surface area (Å²) in [6, 6.07) is 27.5. The first-order chi connectivity index (χ1) is 13.8. The van der Waals surface area contributed by atoms with E-state index in [1.54, 1.807) is 11.2 Å². The minimum Gasteiger partial charge on any atom is -0.483 e. The zero-order valence-electron chi connectivity index (χ0n) is 15.5. The Morgan fingerprint density at radius 1 is 0.821 bits per heavy atom. The number of hydrogen-bond donors (Lipinski definition) is 0. The molecule has 0 aliphatic rings.